The van der Waals surface area contributed by atoms with Crippen LogP contribution >= 0.6 is 11.8 Å². The maximum Gasteiger partial charge on any atom is 0.230 e. The molecule has 0 aliphatic rings. The van der Waals surface area contributed by atoms with Gasteiger partial charge in [-0.05, 0) is 30.7 Å². The van der Waals surface area contributed by atoms with E-state index in [1.807, 2.05) is 47.0 Å². The lowest BCUT2D eigenvalue weighted by atomic mass is 10.2. The van der Waals surface area contributed by atoms with Crippen LogP contribution in [0.15, 0.2) is 60.0 Å². The van der Waals surface area contributed by atoms with Gasteiger partial charge in [-0.15, -0.1) is 10.2 Å². The van der Waals surface area contributed by atoms with E-state index in [1.165, 1.54) is 11.8 Å². The van der Waals surface area contributed by atoms with E-state index in [1.54, 1.807) is 12.4 Å². The summed E-state index contributed by atoms with van der Waals surface area (Å²) in [6.07, 6.45) is 5.53. The number of pyridine rings is 1. The minimum atomic E-state index is 0.00832. The Kier molecular flexibility index (Phi) is 6.38. The maximum atomic E-state index is 12.0. The highest BCUT2D eigenvalue weighted by Crippen LogP contribution is 2.27. The first kappa shape index (κ1) is 18.1. The third-order valence-corrected chi connectivity index (χ3v) is 4.68. The first-order chi connectivity index (χ1) is 12.8. The first-order valence-corrected chi connectivity index (χ1v) is 9.59. The van der Waals surface area contributed by atoms with E-state index in [9.17, 15) is 4.79 Å². The molecule has 0 radical (unpaired) electrons. The van der Waals surface area contributed by atoms with E-state index in [4.69, 9.17) is 0 Å². The molecule has 7 heteroatoms. The molecule has 6 nitrogen and oxygen atoms in total. The summed E-state index contributed by atoms with van der Waals surface area (Å²) in [7, 11) is 0. The number of amides is 1. The third kappa shape index (κ3) is 4.49. The van der Waals surface area contributed by atoms with Crippen LogP contribution in [0.3, 0.4) is 0 Å². The Labute approximate surface area is 157 Å². The molecule has 0 unspecified atom stereocenters. The van der Waals surface area contributed by atoms with Gasteiger partial charge in [0.05, 0.1) is 5.75 Å². The number of nitrogens with zero attached hydrogens (tertiary/aromatic N) is 4. The molecule has 134 valence electrons. The van der Waals surface area contributed by atoms with Gasteiger partial charge in [0.15, 0.2) is 11.0 Å². The topological polar surface area (TPSA) is 72.7 Å². The number of benzene rings is 1. The Balaban J connectivity index is 1.84. The fourth-order valence-corrected chi connectivity index (χ4v) is 3.22. The first-order valence-electron chi connectivity index (χ1n) is 8.60. The average Bonchev–Trinajstić information content (AvgIpc) is 3.12. The standard InChI is InChI=1S/C19H21N5OS/c1-2-3-12-21-17(25)14-26-19-23-22-18(15-8-7-11-20-13-15)24(19)16-9-5-4-6-10-16/h4-11,13H,2-3,12,14H2,1H3,(H,21,25). The lowest BCUT2D eigenvalue weighted by molar-refractivity contribution is -0.118. The van der Waals surface area contributed by atoms with Crippen molar-refractivity contribution in [3.8, 4) is 17.1 Å². The molecule has 0 saturated carbocycles. The summed E-state index contributed by atoms with van der Waals surface area (Å²) >= 11 is 1.38. The number of carbonyl (C=O) groups is 1. The van der Waals surface area contributed by atoms with Crippen LogP contribution in [0.5, 0.6) is 0 Å². The van der Waals surface area contributed by atoms with E-state index in [2.05, 4.69) is 27.4 Å². The molecular formula is C19H21N5OS. The minimum absolute atomic E-state index is 0.00832. The number of carbonyl (C=O) groups excluding carboxylic acids is 1. The van der Waals surface area contributed by atoms with Crippen LogP contribution in [0, 0.1) is 0 Å². The van der Waals surface area contributed by atoms with Crippen LogP contribution in [-0.4, -0.2) is 38.0 Å². The Bertz CT molecular complexity index is 836. The van der Waals surface area contributed by atoms with Gasteiger partial charge < -0.3 is 5.32 Å². The second-order valence-corrected chi connectivity index (χ2v) is 6.65. The lowest BCUT2D eigenvalue weighted by Crippen LogP contribution is -2.26. The molecular weight excluding hydrogens is 346 g/mol. The minimum Gasteiger partial charge on any atom is -0.355 e. The highest BCUT2D eigenvalue weighted by Gasteiger charge is 2.17. The number of hydrogen-bond donors (Lipinski definition) is 1. The van der Waals surface area contributed by atoms with Crippen LogP contribution in [-0.2, 0) is 4.79 Å². The number of hydrogen-bond acceptors (Lipinski definition) is 5. The molecule has 26 heavy (non-hydrogen) atoms. The van der Waals surface area contributed by atoms with Gasteiger partial charge >= 0.3 is 0 Å². The number of nitrogens with one attached hydrogen (secondary N) is 1. The second kappa shape index (κ2) is 9.15. The van der Waals surface area contributed by atoms with Crippen LogP contribution in [0.25, 0.3) is 17.1 Å². The average molecular weight is 367 g/mol. The zero-order valence-corrected chi connectivity index (χ0v) is 15.4. The van der Waals surface area contributed by atoms with Crippen LogP contribution in [0.4, 0.5) is 0 Å². The Hall–Kier alpha value is -2.67. The number of aromatic nitrogens is 4. The van der Waals surface area contributed by atoms with Gasteiger partial charge in [0, 0.05) is 30.2 Å². The molecule has 0 bridgehead atoms. The van der Waals surface area contributed by atoms with Crippen LogP contribution < -0.4 is 5.32 Å². The maximum absolute atomic E-state index is 12.0. The van der Waals surface area contributed by atoms with E-state index in [-0.39, 0.29) is 5.91 Å². The van der Waals surface area contributed by atoms with Crippen molar-refractivity contribution in [3.63, 3.8) is 0 Å². The van der Waals surface area contributed by atoms with E-state index >= 15 is 0 Å². The predicted octanol–water partition coefficient (Wildman–Crippen LogP) is 3.34. The molecule has 0 atom stereocenters. The SMILES string of the molecule is CCCCNC(=O)CSc1nnc(-c2cccnc2)n1-c1ccccc1. The Morgan fingerprint density at radius 2 is 2.00 bits per heavy atom. The molecule has 3 aromatic rings. The zero-order chi connectivity index (χ0) is 18.2. The Morgan fingerprint density at radius 3 is 2.73 bits per heavy atom. The molecule has 0 saturated heterocycles. The summed E-state index contributed by atoms with van der Waals surface area (Å²) in [6.45, 7) is 2.81. The number of unbranched alkanes of at least 4 members (excludes halogenated alkanes) is 1. The number of thioether (sulfide) groups is 1. The molecule has 2 aromatic heterocycles. The molecule has 1 amide bonds. The van der Waals surface area contributed by atoms with Crippen molar-refractivity contribution in [2.45, 2.75) is 24.9 Å². The summed E-state index contributed by atoms with van der Waals surface area (Å²) in [5.41, 5.74) is 1.83. The fourth-order valence-electron chi connectivity index (χ4n) is 2.44. The zero-order valence-electron chi connectivity index (χ0n) is 14.6. The van der Waals surface area contributed by atoms with Crippen molar-refractivity contribution >= 4 is 17.7 Å². The van der Waals surface area contributed by atoms with Crippen molar-refractivity contribution in [1.82, 2.24) is 25.1 Å². The molecule has 0 aliphatic carbocycles. The van der Waals surface area contributed by atoms with Crippen molar-refractivity contribution in [1.29, 1.82) is 0 Å². The number of para-hydroxylation sites is 1. The van der Waals surface area contributed by atoms with E-state index < -0.39 is 0 Å². The van der Waals surface area contributed by atoms with Gasteiger partial charge in [-0.3, -0.25) is 14.3 Å². The van der Waals surface area contributed by atoms with Gasteiger partial charge in [-0.2, -0.15) is 0 Å². The third-order valence-electron chi connectivity index (χ3n) is 3.75. The van der Waals surface area contributed by atoms with Crippen molar-refractivity contribution in [3.05, 3.63) is 54.9 Å². The number of rotatable bonds is 8. The van der Waals surface area contributed by atoms with Gasteiger partial charge in [-0.1, -0.05) is 43.3 Å². The lowest BCUT2D eigenvalue weighted by Gasteiger charge is -2.10. The molecule has 1 aromatic carbocycles. The summed E-state index contributed by atoms with van der Waals surface area (Å²) in [5, 5.41) is 12.2. The normalized spacial score (nSPS) is 10.7. The quantitative estimate of drug-likeness (QED) is 0.488. The van der Waals surface area contributed by atoms with Gasteiger partial charge in [0.2, 0.25) is 5.91 Å². The van der Waals surface area contributed by atoms with Gasteiger partial charge in [0.25, 0.3) is 0 Å². The largest absolute Gasteiger partial charge is 0.355 e. The van der Waals surface area contributed by atoms with E-state index in [0.717, 1.165) is 24.1 Å². The molecule has 1 N–H and O–H groups in total. The molecule has 0 spiro atoms. The smallest absolute Gasteiger partial charge is 0.230 e. The predicted molar refractivity (Wildman–Crippen MR) is 103 cm³/mol. The molecule has 2 heterocycles. The fraction of sp³-hybridized carbons (Fsp3) is 0.263. The highest BCUT2D eigenvalue weighted by atomic mass is 32.2. The van der Waals surface area contributed by atoms with Crippen molar-refractivity contribution in [2.24, 2.45) is 0 Å². The van der Waals surface area contributed by atoms with Crippen LogP contribution in [0.2, 0.25) is 0 Å². The molecule has 0 aliphatic heterocycles. The van der Waals surface area contributed by atoms with Crippen molar-refractivity contribution in [2.75, 3.05) is 12.3 Å². The van der Waals surface area contributed by atoms with E-state index in [0.29, 0.717) is 23.3 Å². The highest BCUT2D eigenvalue weighted by molar-refractivity contribution is 7.99. The summed E-state index contributed by atoms with van der Waals surface area (Å²) in [5.74, 6) is 1.02. The Morgan fingerprint density at radius 1 is 1.15 bits per heavy atom. The summed E-state index contributed by atoms with van der Waals surface area (Å²) in [4.78, 5) is 16.2. The van der Waals surface area contributed by atoms with Gasteiger partial charge in [-0.25, -0.2) is 0 Å². The summed E-state index contributed by atoms with van der Waals surface area (Å²) in [6, 6.07) is 13.7. The molecule has 0 fully saturated rings. The monoisotopic (exact) mass is 367 g/mol. The summed E-state index contributed by atoms with van der Waals surface area (Å²) < 4.78 is 1.96. The van der Waals surface area contributed by atoms with Crippen molar-refractivity contribution < 1.29 is 4.79 Å². The molecule has 3 rings (SSSR count). The van der Waals surface area contributed by atoms with Crippen LogP contribution in [0.1, 0.15) is 19.8 Å². The second-order valence-electron chi connectivity index (χ2n) is 5.71. The van der Waals surface area contributed by atoms with Gasteiger partial charge in [0.1, 0.15) is 0 Å².